The van der Waals surface area contributed by atoms with Crippen molar-refractivity contribution in [2.75, 3.05) is 18.0 Å². The lowest BCUT2D eigenvalue weighted by molar-refractivity contribution is -0.191. The van der Waals surface area contributed by atoms with Crippen molar-refractivity contribution in [3.05, 3.63) is 11.1 Å². The Kier molecular flexibility index (Phi) is 5.08. The Morgan fingerprint density at radius 2 is 2.38 bits per heavy atom. The van der Waals surface area contributed by atoms with Crippen LogP contribution in [0.15, 0.2) is 5.38 Å². The molecular weight excluding hydrogens is 231 g/mol. The summed E-state index contributed by atoms with van der Waals surface area (Å²) in [5.41, 5.74) is 1.11. The molecule has 0 aromatic carbocycles. The van der Waals surface area contributed by atoms with Crippen LogP contribution in [-0.4, -0.2) is 30.4 Å². The monoisotopic (exact) mass is 244 g/mol. The molecule has 2 rings (SSSR count). The number of carbonyl (C=O) groups excluding carboxylic acids is 2. The maximum atomic E-state index is 12.9. The van der Waals surface area contributed by atoms with Gasteiger partial charge in [0.2, 0.25) is 0 Å². The van der Waals surface area contributed by atoms with Gasteiger partial charge in [0.15, 0.2) is 5.13 Å². The fraction of sp³-hybridized carbons (Fsp3) is 0.600. The highest BCUT2D eigenvalue weighted by atomic mass is 32.1. The van der Waals surface area contributed by atoms with Crippen LogP contribution in [0, 0.1) is 0 Å². The number of rotatable bonds is 2. The summed E-state index contributed by atoms with van der Waals surface area (Å²) in [6.07, 6.45) is 1.21. The summed E-state index contributed by atoms with van der Waals surface area (Å²) in [5.74, 6) is 0. The number of halogens is 1. The second-order valence-corrected chi connectivity index (χ2v) is 4.23. The SMILES string of the molecule is CCc1csc(N2CC[C@H](F)C2)n1.O=C=O. The van der Waals surface area contributed by atoms with Gasteiger partial charge in [-0.25, -0.2) is 9.37 Å². The van der Waals surface area contributed by atoms with Crippen molar-refractivity contribution in [1.82, 2.24) is 4.98 Å². The normalized spacial score (nSPS) is 18.9. The first-order valence-electron chi connectivity index (χ1n) is 5.04. The third-order valence-corrected chi connectivity index (χ3v) is 3.25. The maximum Gasteiger partial charge on any atom is 0.373 e. The molecule has 0 aliphatic carbocycles. The van der Waals surface area contributed by atoms with Crippen LogP contribution in [0.25, 0.3) is 0 Å². The number of thiazole rings is 1. The molecule has 4 nitrogen and oxygen atoms in total. The van der Waals surface area contributed by atoms with Crippen molar-refractivity contribution in [2.24, 2.45) is 0 Å². The van der Waals surface area contributed by atoms with E-state index < -0.39 is 6.17 Å². The summed E-state index contributed by atoms with van der Waals surface area (Å²) in [6, 6.07) is 0. The molecule has 1 fully saturated rings. The van der Waals surface area contributed by atoms with E-state index in [1.54, 1.807) is 11.3 Å². The molecule has 1 saturated heterocycles. The van der Waals surface area contributed by atoms with Gasteiger partial charge in [0, 0.05) is 11.9 Å². The standard InChI is InChI=1S/C9H13FN2S.CO2/c1-2-8-6-13-9(11-8)12-4-3-7(10)5-12;2-1-3/h6-7H,2-5H2,1H3;/t7-;/m0./s1. The molecule has 0 N–H and O–H groups in total. The van der Waals surface area contributed by atoms with E-state index in [4.69, 9.17) is 9.59 Å². The first kappa shape index (κ1) is 12.8. The molecule has 2 heterocycles. The highest BCUT2D eigenvalue weighted by molar-refractivity contribution is 7.13. The fourth-order valence-electron chi connectivity index (χ4n) is 1.50. The molecule has 0 amide bonds. The largest absolute Gasteiger partial charge is 0.373 e. The molecule has 1 atom stereocenters. The Bertz CT molecular complexity index is 363. The quantitative estimate of drug-likeness (QED) is 0.794. The number of aromatic nitrogens is 1. The van der Waals surface area contributed by atoms with Crippen LogP contribution in [0.5, 0.6) is 0 Å². The van der Waals surface area contributed by atoms with E-state index in [9.17, 15) is 4.39 Å². The van der Waals surface area contributed by atoms with Crippen molar-refractivity contribution in [1.29, 1.82) is 0 Å². The van der Waals surface area contributed by atoms with Gasteiger partial charge in [-0.3, -0.25) is 0 Å². The third kappa shape index (κ3) is 3.40. The lowest BCUT2D eigenvalue weighted by atomic mass is 10.3. The van der Waals surface area contributed by atoms with Crippen LogP contribution < -0.4 is 4.90 Å². The molecule has 1 aromatic heterocycles. The van der Waals surface area contributed by atoms with E-state index >= 15 is 0 Å². The molecule has 88 valence electrons. The van der Waals surface area contributed by atoms with Crippen molar-refractivity contribution in [3.63, 3.8) is 0 Å². The average Bonchev–Trinajstić information content (AvgIpc) is 2.86. The van der Waals surface area contributed by atoms with E-state index in [1.807, 2.05) is 4.90 Å². The zero-order chi connectivity index (χ0) is 12.0. The molecule has 1 aromatic rings. The van der Waals surface area contributed by atoms with Gasteiger partial charge in [-0.15, -0.1) is 11.3 Å². The third-order valence-electron chi connectivity index (χ3n) is 2.30. The zero-order valence-corrected chi connectivity index (χ0v) is 9.80. The van der Waals surface area contributed by atoms with Gasteiger partial charge in [0.25, 0.3) is 0 Å². The van der Waals surface area contributed by atoms with Crippen molar-refractivity contribution in [2.45, 2.75) is 25.9 Å². The molecule has 0 spiro atoms. The minimum absolute atomic E-state index is 0.250. The van der Waals surface area contributed by atoms with Crippen molar-refractivity contribution >= 4 is 22.6 Å². The van der Waals surface area contributed by atoms with E-state index in [1.165, 1.54) is 0 Å². The van der Waals surface area contributed by atoms with Crippen LogP contribution >= 0.6 is 11.3 Å². The molecule has 0 unspecified atom stereocenters. The number of hydrogen-bond donors (Lipinski definition) is 0. The molecule has 1 aliphatic heterocycles. The van der Waals surface area contributed by atoms with E-state index in [-0.39, 0.29) is 6.15 Å². The maximum absolute atomic E-state index is 12.9. The van der Waals surface area contributed by atoms with Gasteiger partial charge in [0.05, 0.1) is 12.2 Å². The summed E-state index contributed by atoms with van der Waals surface area (Å²) >= 11 is 1.62. The van der Waals surface area contributed by atoms with Gasteiger partial charge in [-0.05, 0) is 12.8 Å². The predicted molar refractivity (Wildman–Crippen MR) is 58.2 cm³/mol. The van der Waals surface area contributed by atoms with Gasteiger partial charge < -0.3 is 4.90 Å². The Morgan fingerprint density at radius 1 is 1.69 bits per heavy atom. The number of aryl methyl sites for hydroxylation is 1. The lowest BCUT2D eigenvalue weighted by Crippen LogP contribution is -2.19. The highest BCUT2D eigenvalue weighted by Gasteiger charge is 2.23. The number of hydrogen-bond acceptors (Lipinski definition) is 5. The number of alkyl halides is 1. The van der Waals surface area contributed by atoms with Crippen LogP contribution in [-0.2, 0) is 16.0 Å². The molecule has 6 heteroatoms. The zero-order valence-electron chi connectivity index (χ0n) is 8.98. The first-order valence-corrected chi connectivity index (χ1v) is 5.92. The van der Waals surface area contributed by atoms with Crippen LogP contribution in [0.1, 0.15) is 19.0 Å². The Balaban J connectivity index is 0.000000386. The number of nitrogens with zero attached hydrogens (tertiary/aromatic N) is 2. The number of anilines is 1. The fourth-order valence-corrected chi connectivity index (χ4v) is 2.44. The lowest BCUT2D eigenvalue weighted by Gasteiger charge is -2.12. The van der Waals surface area contributed by atoms with Crippen molar-refractivity contribution in [3.8, 4) is 0 Å². The topological polar surface area (TPSA) is 50.3 Å². The van der Waals surface area contributed by atoms with Crippen LogP contribution in [0.3, 0.4) is 0 Å². The summed E-state index contributed by atoms with van der Waals surface area (Å²) in [6.45, 7) is 3.43. The molecule has 1 aliphatic rings. The predicted octanol–water partition coefficient (Wildman–Crippen LogP) is 1.67. The molecule has 0 bridgehead atoms. The minimum atomic E-state index is -0.658. The Labute approximate surface area is 97.1 Å². The van der Waals surface area contributed by atoms with Gasteiger partial charge >= 0.3 is 6.15 Å². The summed E-state index contributed by atoms with van der Waals surface area (Å²) in [5, 5.41) is 3.04. The second kappa shape index (κ2) is 6.35. The summed E-state index contributed by atoms with van der Waals surface area (Å²) in [4.78, 5) is 22.7. The molecule has 0 radical (unpaired) electrons. The molecular formula is C10H13FN2O2S. The molecule has 16 heavy (non-hydrogen) atoms. The second-order valence-electron chi connectivity index (χ2n) is 3.39. The Morgan fingerprint density at radius 3 is 2.81 bits per heavy atom. The van der Waals surface area contributed by atoms with Crippen LogP contribution in [0.2, 0.25) is 0 Å². The van der Waals surface area contributed by atoms with Gasteiger partial charge in [0.1, 0.15) is 6.17 Å². The van der Waals surface area contributed by atoms with E-state index in [0.717, 1.165) is 23.8 Å². The van der Waals surface area contributed by atoms with Gasteiger partial charge in [-0.1, -0.05) is 6.92 Å². The van der Waals surface area contributed by atoms with E-state index in [0.29, 0.717) is 13.0 Å². The van der Waals surface area contributed by atoms with Crippen molar-refractivity contribution < 1.29 is 14.0 Å². The Hall–Kier alpha value is -1.26. The summed E-state index contributed by atoms with van der Waals surface area (Å²) < 4.78 is 12.9. The first-order chi connectivity index (χ1) is 7.71. The van der Waals surface area contributed by atoms with E-state index in [2.05, 4.69) is 17.3 Å². The highest BCUT2D eigenvalue weighted by Crippen LogP contribution is 2.25. The summed E-state index contributed by atoms with van der Waals surface area (Å²) in [7, 11) is 0. The minimum Gasteiger partial charge on any atom is -0.345 e. The van der Waals surface area contributed by atoms with Gasteiger partial charge in [-0.2, -0.15) is 9.59 Å². The average molecular weight is 244 g/mol. The van der Waals surface area contributed by atoms with Crippen LogP contribution in [0.4, 0.5) is 9.52 Å². The molecule has 0 saturated carbocycles. The smallest absolute Gasteiger partial charge is 0.345 e.